The Kier molecular flexibility index (Phi) is 3.49. The van der Waals surface area contributed by atoms with Crippen LogP contribution < -0.4 is 5.32 Å². The molecule has 0 bridgehead atoms. The Balaban J connectivity index is 2.18. The first-order valence-electron chi connectivity index (χ1n) is 4.36. The summed E-state index contributed by atoms with van der Waals surface area (Å²) in [5.74, 6) is 0.750. The summed E-state index contributed by atoms with van der Waals surface area (Å²) < 4.78 is 5.01. The molecule has 1 amide bonds. The first-order valence-corrected chi connectivity index (χ1v) is 4.36. The molecule has 0 aliphatic carbocycles. The van der Waals surface area contributed by atoms with E-state index >= 15 is 0 Å². The molecule has 4 nitrogen and oxygen atoms in total. The molecule has 1 N–H and O–H groups in total. The van der Waals surface area contributed by atoms with Crippen LogP contribution in [-0.4, -0.2) is 17.4 Å². The third kappa shape index (κ3) is 3.27. The molecule has 1 rings (SSSR count). The third-order valence-corrected chi connectivity index (χ3v) is 1.65. The predicted molar refractivity (Wildman–Crippen MR) is 48.1 cm³/mol. The summed E-state index contributed by atoms with van der Waals surface area (Å²) in [6, 6.07) is 0. The molecule has 0 spiro atoms. The molecule has 0 saturated heterocycles. The molecule has 0 atom stereocenters. The Morgan fingerprint density at radius 3 is 3.00 bits per heavy atom. The van der Waals surface area contributed by atoms with Gasteiger partial charge < -0.3 is 9.73 Å². The standard InChI is InChI=1S/C9H14N2O2/c1-7(2)9(12)11-4-3-8-10-5-6-13-8/h5-7H,3-4H2,1-2H3,(H,11,12). The summed E-state index contributed by atoms with van der Waals surface area (Å²) in [5.41, 5.74) is 0. The SMILES string of the molecule is CC(C)C(=O)NCCc1ncco1. The fourth-order valence-electron chi connectivity index (χ4n) is 0.873. The summed E-state index contributed by atoms with van der Waals surface area (Å²) in [7, 11) is 0. The Labute approximate surface area is 77.3 Å². The number of carbonyl (C=O) groups excluding carboxylic acids is 1. The van der Waals surface area contributed by atoms with E-state index in [0.29, 0.717) is 18.9 Å². The van der Waals surface area contributed by atoms with Crippen LogP contribution in [0.2, 0.25) is 0 Å². The lowest BCUT2D eigenvalue weighted by molar-refractivity contribution is -0.123. The Morgan fingerprint density at radius 2 is 2.46 bits per heavy atom. The van der Waals surface area contributed by atoms with E-state index in [0.717, 1.165) is 0 Å². The van der Waals surface area contributed by atoms with Crippen molar-refractivity contribution in [3.05, 3.63) is 18.4 Å². The maximum atomic E-state index is 11.1. The van der Waals surface area contributed by atoms with Gasteiger partial charge in [0.15, 0.2) is 5.89 Å². The zero-order valence-corrected chi connectivity index (χ0v) is 7.91. The quantitative estimate of drug-likeness (QED) is 0.755. The molecule has 0 fully saturated rings. The van der Waals surface area contributed by atoms with Gasteiger partial charge in [-0.15, -0.1) is 0 Å². The van der Waals surface area contributed by atoms with E-state index in [4.69, 9.17) is 4.42 Å². The lowest BCUT2D eigenvalue weighted by Crippen LogP contribution is -2.29. The van der Waals surface area contributed by atoms with Crippen LogP contribution in [0.1, 0.15) is 19.7 Å². The van der Waals surface area contributed by atoms with Crippen molar-refractivity contribution in [1.82, 2.24) is 10.3 Å². The first-order chi connectivity index (χ1) is 6.20. The van der Waals surface area contributed by atoms with Crippen LogP contribution in [0.15, 0.2) is 16.9 Å². The van der Waals surface area contributed by atoms with Crippen molar-refractivity contribution in [3.8, 4) is 0 Å². The second-order valence-corrected chi connectivity index (χ2v) is 3.12. The smallest absolute Gasteiger partial charge is 0.222 e. The summed E-state index contributed by atoms with van der Waals surface area (Å²) in [4.78, 5) is 15.0. The van der Waals surface area contributed by atoms with Crippen molar-refractivity contribution < 1.29 is 9.21 Å². The lowest BCUT2D eigenvalue weighted by atomic mass is 10.2. The molecule has 72 valence electrons. The van der Waals surface area contributed by atoms with E-state index < -0.39 is 0 Å². The fraction of sp³-hybridized carbons (Fsp3) is 0.556. The number of hydrogen-bond donors (Lipinski definition) is 1. The summed E-state index contributed by atoms with van der Waals surface area (Å²) >= 11 is 0. The highest BCUT2D eigenvalue weighted by molar-refractivity contribution is 5.77. The molecule has 0 aliphatic rings. The van der Waals surface area contributed by atoms with Gasteiger partial charge >= 0.3 is 0 Å². The van der Waals surface area contributed by atoms with E-state index in [2.05, 4.69) is 10.3 Å². The largest absolute Gasteiger partial charge is 0.449 e. The highest BCUT2D eigenvalue weighted by atomic mass is 16.3. The van der Waals surface area contributed by atoms with Gasteiger partial charge in [-0.25, -0.2) is 4.98 Å². The van der Waals surface area contributed by atoms with Gasteiger partial charge in [-0.3, -0.25) is 4.79 Å². The normalized spacial score (nSPS) is 10.4. The number of carbonyl (C=O) groups is 1. The Bertz CT molecular complexity index is 255. The molecule has 13 heavy (non-hydrogen) atoms. The van der Waals surface area contributed by atoms with Crippen molar-refractivity contribution in [2.24, 2.45) is 5.92 Å². The highest BCUT2D eigenvalue weighted by Crippen LogP contribution is 1.95. The molecule has 0 radical (unpaired) electrons. The van der Waals surface area contributed by atoms with E-state index in [1.165, 1.54) is 6.26 Å². The number of hydrogen-bond acceptors (Lipinski definition) is 3. The molecule has 0 unspecified atom stereocenters. The van der Waals surface area contributed by atoms with Crippen molar-refractivity contribution in [2.45, 2.75) is 20.3 Å². The first kappa shape index (κ1) is 9.77. The van der Waals surface area contributed by atoms with Gasteiger partial charge in [0.25, 0.3) is 0 Å². The zero-order valence-electron chi connectivity index (χ0n) is 7.91. The van der Waals surface area contributed by atoms with Gasteiger partial charge in [-0.2, -0.15) is 0 Å². The molecule has 1 aromatic rings. The van der Waals surface area contributed by atoms with Crippen LogP contribution in [0.3, 0.4) is 0 Å². The molecular formula is C9H14N2O2. The van der Waals surface area contributed by atoms with Gasteiger partial charge in [0.2, 0.25) is 5.91 Å². The number of rotatable bonds is 4. The zero-order chi connectivity index (χ0) is 9.68. The highest BCUT2D eigenvalue weighted by Gasteiger charge is 2.05. The summed E-state index contributed by atoms with van der Waals surface area (Å²) in [5, 5.41) is 2.78. The van der Waals surface area contributed by atoms with E-state index in [-0.39, 0.29) is 11.8 Å². The number of aromatic nitrogens is 1. The monoisotopic (exact) mass is 182 g/mol. The third-order valence-electron chi connectivity index (χ3n) is 1.65. The molecule has 1 heterocycles. The van der Waals surface area contributed by atoms with Crippen molar-refractivity contribution >= 4 is 5.91 Å². The summed E-state index contributed by atoms with van der Waals surface area (Å²) in [6.45, 7) is 4.30. The van der Waals surface area contributed by atoms with Gasteiger partial charge in [0.1, 0.15) is 6.26 Å². The average Bonchev–Trinajstić information content (AvgIpc) is 2.56. The second-order valence-electron chi connectivity index (χ2n) is 3.12. The summed E-state index contributed by atoms with van der Waals surface area (Å²) in [6.07, 6.45) is 3.77. The van der Waals surface area contributed by atoms with Crippen LogP contribution in [0.25, 0.3) is 0 Å². The average molecular weight is 182 g/mol. The van der Waals surface area contributed by atoms with Gasteiger partial charge in [-0.05, 0) is 0 Å². The maximum absolute atomic E-state index is 11.1. The molecule has 4 heteroatoms. The molecular weight excluding hydrogens is 168 g/mol. The van der Waals surface area contributed by atoms with Crippen molar-refractivity contribution in [3.63, 3.8) is 0 Å². The van der Waals surface area contributed by atoms with Crippen LogP contribution in [0.5, 0.6) is 0 Å². The predicted octanol–water partition coefficient (Wildman–Crippen LogP) is 0.989. The number of oxazole rings is 1. The van der Waals surface area contributed by atoms with E-state index in [9.17, 15) is 4.79 Å². The van der Waals surface area contributed by atoms with Gasteiger partial charge in [0.05, 0.1) is 6.20 Å². The minimum absolute atomic E-state index is 0.0320. The minimum atomic E-state index is 0.0320. The van der Waals surface area contributed by atoms with Crippen LogP contribution in [-0.2, 0) is 11.2 Å². The number of amides is 1. The number of nitrogens with one attached hydrogen (secondary N) is 1. The fourth-order valence-corrected chi connectivity index (χ4v) is 0.873. The minimum Gasteiger partial charge on any atom is -0.449 e. The molecule has 0 aromatic carbocycles. The topological polar surface area (TPSA) is 55.1 Å². The van der Waals surface area contributed by atoms with Gasteiger partial charge in [-0.1, -0.05) is 13.8 Å². The van der Waals surface area contributed by atoms with Crippen molar-refractivity contribution in [1.29, 1.82) is 0 Å². The Morgan fingerprint density at radius 1 is 1.69 bits per heavy atom. The van der Waals surface area contributed by atoms with E-state index in [1.54, 1.807) is 6.20 Å². The number of nitrogens with zero attached hydrogens (tertiary/aromatic N) is 1. The molecule has 0 aliphatic heterocycles. The van der Waals surface area contributed by atoms with E-state index in [1.807, 2.05) is 13.8 Å². The van der Waals surface area contributed by atoms with Crippen LogP contribution in [0, 0.1) is 5.92 Å². The van der Waals surface area contributed by atoms with Crippen LogP contribution >= 0.6 is 0 Å². The second kappa shape index (κ2) is 4.64. The van der Waals surface area contributed by atoms with Crippen LogP contribution in [0.4, 0.5) is 0 Å². The van der Waals surface area contributed by atoms with Gasteiger partial charge in [0, 0.05) is 18.9 Å². The maximum Gasteiger partial charge on any atom is 0.222 e. The molecule has 0 saturated carbocycles. The molecule has 1 aromatic heterocycles. The Hall–Kier alpha value is -1.32. The lowest BCUT2D eigenvalue weighted by Gasteiger charge is -2.05. The van der Waals surface area contributed by atoms with Crippen molar-refractivity contribution in [2.75, 3.05) is 6.54 Å².